The van der Waals surface area contributed by atoms with Gasteiger partial charge in [-0.2, -0.15) is 0 Å². The smallest absolute Gasteiger partial charge is 0.313 e. The van der Waals surface area contributed by atoms with Crippen molar-refractivity contribution in [3.05, 3.63) is 0 Å². The molecule has 1 aliphatic rings. The van der Waals surface area contributed by atoms with E-state index < -0.39 is 20.5 Å². The summed E-state index contributed by atoms with van der Waals surface area (Å²) >= 11 is 0. The number of rotatable bonds is 7. The van der Waals surface area contributed by atoms with Crippen LogP contribution in [-0.4, -0.2) is 39.0 Å². The van der Waals surface area contributed by atoms with E-state index in [0.717, 1.165) is 12.8 Å². The maximum absolute atomic E-state index is 11.9. The average molecular weight is 277 g/mol. The lowest BCUT2D eigenvalue weighted by molar-refractivity contribution is -0.153. The topological polar surface area (TPSA) is 86.5 Å². The summed E-state index contributed by atoms with van der Waals surface area (Å²) < 4.78 is 28.5. The molecule has 0 aromatic rings. The molecule has 0 amide bonds. The Labute approximate surface area is 109 Å². The first kappa shape index (κ1) is 15.4. The summed E-state index contributed by atoms with van der Waals surface area (Å²) in [6.07, 6.45) is 2.11. The lowest BCUT2D eigenvalue weighted by Crippen LogP contribution is -2.43. The predicted octanol–water partition coefficient (Wildman–Crippen LogP) is 0.728. The largest absolute Gasteiger partial charge is 0.469 e. The lowest BCUT2D eigenvalue weighted by atomic mass is 9.80. The number of methoxy groups -OCH3 is 1. The van der Waals surface area contributed by atoms with Gasteiger partial charge in [0.1, 0.15) is 0 Å². The predicted molar refractivity (Wildman–Crippen MR) is 69.8 cm³/mol. The van der Waals surface area contributed by atoms with Crippen molar-refractivity contribution in [3.63, 3.8) is 0 Å². The van der Waals surface area contributed by atoms with Gasteiger partial charge < -0.3 is 10.5 Å². The standard InChI is InChI=1S/C12H23NO4S/c1-9(2)18(15,16)7-6-12(8-13,10-4-5-10)11(14)17-3/h9-10H,4-8,13H2,1-3H3. The van der Waals surface area contributed by atoms with Crippen LogP contribution in [0.25, 0.3) is 0 Å². The van der Waals surface area contributed by atoms with Crippen molar-refractivity contribution in [1.82, 2.24) is 0 Å². The Morgan fingerprint density at radius 3 is 2.33 bits per heavy atom. The van der Waals surface area contributed by atoms with Gasteiger partial charge in [-0.25, -0.2) is 8.42 Å². The molecule has 2 N–H and O–H groups in total. The summed E-state index contributed by atoms with van der Waals surface area (Å²) in [6, 6.07) is 0. The fourth-order valence-corrected chi connectivity index (χ4v) is 3.34. The van der Waals surface area contributed by atoms with E-state index in [0.29, 0.717) is 0 Å². The number of ether oxygens (including phenoxy) is 1. The maximum Gasteiger partial charge on any atom is 0.313 e. The molecule has 1 rings (SSSR count). The highest BCUT2D eigenvalue weighted by atomic mass is 32.2. The zero-order chi connectivity index (χ0) is 14.0. The number of hydrogen-bond acceptors (Lipinski definition) is 5. The third-order valence-corrected chi connectivity index (χ3v) is 6.08. The molecule has 0 heterocycles. The fraction of sp³-hybridized carbons (Fsp3) is 0.917. The van der Waals surface area contributed by atoms with E-state index in [9.17, 15) is 13.2 Å². The van der Waals surface area contributed by atoms with Gasteiger partial charge in [-0.1, -0.05) is 0 Å². The van der Waals surface area contributed by atoms with Gasteiger partial charge >= 0.3 is 5.97 Å². The van der Waals surface area contributed by atoms with Crippen LogP contribution in [0.1, 0.15) is 33.1 Å². The van der Waals surface area contributed by atoms with Crippen LogP contribution in [0.5, 0.6) is 0 Å². The summed E-state index contributed by atoms with van der Waals surface area (Å²) in [7, 11) is -1.83. The fourth-order valence-electron chi connectivity index (χ4n) is 2.22. The summed E-state index contributed by atoms with van der Waals surface area (Å²) in [5.41, 5.74) is 4.93. The molecule has 1 atom stereocenters. The molecule has 0 aliphatic heterocycles. The van der Waals surface area contributed by atoms with Crippen LogP contribution < -0.4 is 5.73 Å². The molecule has 0 saturated heterocycles. The molecule has 6 heteroatoms. The third-order valence-electron chi connectivity index (χ3n) is 3.87. The lowest BCUT2D eigenvalue weighted by Gasteiger charge is -2.29. The highest BCUT2D eigenvalue weighted by Gasteiger charge is 2.51. The number of sulfone groups is 1. The molecule has 0 spiro atoms. The molecule has 106 valence electrons. The number of esters is 1. The average Bonchev–Trinajstić information content (AvgIpc) is 3.14. The van der Waals surface area contributed by atoms with E-state index in [-0.39, 0.29) is 30.6 Å². The SMILES string of the molecule is COC(=O)C(CN)(CCS(=O)(=O)C(C)C)C1CC1. The Morgan fingerprint density at radius 1 is 1.44 bits per heavy atom. The molecule has 5 nitrogen and oxygen atoms in total. The summed E-state index contributed by atoms with van der Waals surface area (Å²) in [5, 5.41) is -0.426. The highest BCUT2D eigenvalue weighted by Crippen LogP contribution is 2.48. The number of nitrogens with two attached hydrogens (primary N) is 1. The van der Waals surface area contributed by atoms with Crippen molar-refractivity contribution in [2.24, 2.45) is 17.1 Å². The van der Waals surface area contributed by atoms with Gasteiger partial charge in [0.15, 0.2) is 9.84 Å². The minimum atomic E-state index is -3.15. The van der Waals surface area contributed by atoms with E-state index in [1.54, 1.807) is 13.8 Å². The second kappa shape index (κ2) is 5.57. The molecule has 0 radical (unpaired) electrons. The number of hydrogen-bond donors (Lipinski definition) is 1. The van der Waals surface area contributed by atoms with Crippen LogP contribution in [0.4, 0.5) is 0 Å². The first-order chi connectivity index (χ1) is 8.30. The Hall–Kier alpha value is -0.620. The van der Waals surface area contributed by atoms with Crippen molar-refractivity contribution in [2.45, 2.75) is 38.4 Å². The van der Waals surface area contributed by atoms with Crippen LogP contribution in [0, 0.1) is 11.3 Å². The van der Waals surface area contributed by atoms with Crippen molar-refractivity contribution in [1.29, 1.82) is 0 Å². The first-order valence-electron chi connectivity index (χ1n) is 6.30. The molecule has 0 aromatic heterocycles. The second-order valence-corrected chi connectivity index (χ2v) is 7.97. The summed E-state index contributed by atoms with van der Waals surface area (Å²) in [5.74, 6) is -0.197. The molecule has 1 aliphatic carbocycles. The van der Waals surface area contributed by atoms with Crippen LogP contribution in [0.15, 0.2) is 0 Å². The quantitative estimate of drug-likeness (QED) is 0.693. The van der Waals surface area contributed by atoms with Gasteiger partial charge in [-0.3, -0.25) is 4.79 Å². The number of carbonyl (C=O) groups excluding carboxylic acids is 1. The molecule has 0 bridgehead atoms. The normalized spacial score (nSPS) is 19.6. The van der Waals surface area contributed by atoms with E-state index >= 15 is 0 Å². The van der Waals surface area contributed by atoms with E-state index in [1.807, 2.05) is 0 Å². The van der Waals surface area contributed by atoms with Crippen LogP contribution in [-0.2, 0) is 19.4 Å². The van der Waals surface area contributed by atoms with Gasteiger partial charge in [0.2, 0.25) is 0 Å². The molecule has 0 aromatic carbocycles. The molecular formula is C12H23NO4S. The van der Waals surface area contributed by atoms with Crippen LogP contribution >= 0.6 is 0 Å². The maximum atomic E-state index is 11.9. The van der Waals surface area contributed by atoms with Crippen molar-refractivity contribution < 1.29 is 17.9 Å². The van der Waals surface area contributed by atoms with Gasteiger partial charge in [-0.15, -0.1) is 0 Å². The molecule has 1 saturated carbocycles. The zero-order valence-electron chi connectivity index (χ0n) is 11.3. The molecule has 18 heavy (non-hydrogen) atoms. The zero-order valence-corrected chi connectivity index (χ0v) is 12.1. The van der Waals surface area contributed by atoms with Gasteiger partial charge in [-0.05, 0) is 39.0 Å². The van der Waals surface area contributed by atoms with Crippen molar-refractivity contribution >= 4 is 15.8 Å². The van der Waals surface area contributed by atoms with Crippen LogP contribution in [0.3, 0.4) is 0 Å². The Balaban J connectivity index is 2.83. The minimum Gasteiger partial charge on any atom is -0.469 e. The third kappa shape index (κ3) is 3.03. The van der Waals surface area contributed by atoms with E-state index in [2.05, 4.69) is 0 Å². The Kier molecular flexibility index (Phi) is 4.78. The van der Waals surface area contributed by atoms with E-state index in [4.69, 9.17) is 10.5 Å². The van der Waals surface area contributed by atoms with Gasteiger partial charge in [0.25, 0.3) is 0 Å². The monoisotopic (exact) mass is 277 g/mol. The first-order valence-corrected chi connectivity index (χ1v) is 8.01. The Bertz CT molecular complexity index is 400. The second-order valence-electron chi connectivity index (χ2n) is 5.29. The van der Waals surface area contributed by atoms with Crippen molar-refractivity contribution in [2.75, 3.05) is 19.4 Å². The van der Waals surface area contributed by atoms with Crippen molar-refractivity contribution in [3.8, 4) is 0 Å². The molecule has 1 fully saturated rings. The summed E-state index contributed by atoms with van der Waals surface area (Å²) in [6.45, 7) is 3.45. The summed E-state index contributed by atoms with van der Waals surface area (Å²) in [4.78, 5) is 11.9. The highest BCUT2D eigenvalue weighted by molar-refractivity contribution is 7.91. The minimum absolute atomic E-state index is 0.00648. The number of carbonyl (C=O) groups is 1. The van der Waals surface area contributed by atoms with Gasteiger partial charge in [0.05, 0.1) is 23.5 Å². The van der Waals surface area contributed by atoms with E-state index in [1.165, 1.54) is 7.11 Å². The molecular weight excluding hydrogens is 254 g/mol. The van der Waals surface area contributed by atoms with Gasteiger partial charge in [0, 0.05) is 6.54 Å². The van der Waals surface area contributed by atoms with Crippen LogP contribution in [0.2, 0.25) is 0 Å². The molecule has 1 unspecified atom stereocenters. The Morgan fingerprint density at radius 2 is 2.00 bits per heavy atom.